The molecule has 0 fully saturated rings. The summed E-state index contributed by atoms with van der Waals surface area (Å²) in [4.78, 5) is 0. The third kappa shape index (κ3) is 3.46. The molecule has 1 unspecified atom stereocenters. The highest BCUT2D eigenvalue weighted by atomic mass is 35.5. The van der Waals surface area contributed by atoms with E-state index in [0.29, 0.717) is 6.04 Å². The van der Waals surface area contributed by atoms with Gasteiger partial charge in [0.25, 0.3) is 0 Å². The first-order valence-corrected chi connectivity index (χ1v) is 6.17. The molecule has 0 radical (unpaired) electrons. The predicted octanol–water partition coefficient (Wildman–Crippen LogP) is 4.32. The van der Waals surface area contributed by atoms with Crippen molar-refractivity contribution >= 4 is 11.6 Å². The van der Waals surface area contributed by atoms with E-state index in [1.165, 1.54) is 6.07 Å². The van der Waals surface area contributed by atoms with Crippen molar-refractivity contribution in [3.8, 4) is 0 Å². The molecule has 1 aromatic carbocycles. The second-order valence-electron chi connectivity index (χ2n) is 4.08. The van der Waals surface area contributed by atoms with Gasteiger partial charge in [-0.2, -0.15) is 0 Å². The molecule has 16 heavy (non-hydrogen) atoms. The third-order valence-corrected chi connectivity index (χ3v) is 3.20. The van der Waals surface area contributed by atoms with E-state index in [0.717, 1.165) is 18.4 Å². The molecule has 0 bridgehead atoms. The summed E-state index contributed by atoms with van der Waals surface area (Å²) in [6, 6.07) is 5.59. The van der Waals surface area contributed by atoms with E-state index in [9.17, 15) is 4.39 Å². The van der Waals surface area contributed by atoms with Crippen LogP contribution in [-0.4, -0.2) is 6.04 Å². The zero-order chi connectivity index (χ0) is 12.1. The van der Waals surface area contributed by atoms with E-state index in [4.69, 9.17) is 11.6 Å². The lowest BCUT2D eigenvalue weighted by Gasteiger charge is -2.21. The standard InChI is InChI=1S/C13H19ClFN/c1-4-11(5-2)16-9(3)10-6-7-13(15)12(14)8-10/h6-9,11,16H,4-5H2,1-3H3. The summed E-state index contributed by atoms with van der Waals surface area (Å²) in [5.41, 5.74) is 1.03. The van der Waals surface area contributed by atoms with Crippen LogP contribution in [-0.2, 0) is 0 Å². The first kappa shape index (κ1) is 13.5. The Morgan fingerprint density at radius 1 is 1.31 bits per heavy atom. The number of hydrogen-bond donors (Lipinski definition) is 1. The molecule has 0 aliphatic heterocycles. The Balaban J connectivity index is 2.72. The molecule has 1 N–H and O–H groups in total. The Morgan fingerprint density at radius 2 is 1.94 bits per heavy atom. The second-order valence-corrected chi connectivity index (χ2v) is 4.48. The van der Waals surface area contributed by atoms with E-state index in [-0.39, 0.29) is 16.9 Å². The van der Waals surface area contributed by atoms with Crippen LogP contribution in [0.15, 0.2) is 18.2 Å². The van der Waals surface area contributed by atoms with Gasteiger partial charge in [0.05, 0.1) is 5.02 Å². The van der Waals surface area contributed by atoms with Gasteiger partial charge in [0.2, 0.25) is 0 Å². The molecule has 90 valence electrons. The Kier molecular flexibility index (Phi) is 5.23. The highest BCUT2D eigenvalue weighted by Crippen LogP contribution is 2.21. The molecule has 0 spiro atoms. The normalized spacial score (nSPS) is 13.1. The van der Waals surface area contributed by atoms with Crippen LogP contribution in [0.1, 0.15) is 45.2 Å². The molecule has 1 atom stereocenters. The van der Waals surface area contributed by atoms with Crippen molar-refractivity contribution in [1.29, 1.82) is 0 Å². The van der Waals surface area contributed by atoms with Gasteiger partial charge in [-0.3, -0.25) is 0 Å². The summed E-state index contributed by atoms with van der Waals surface area (Å²) in [7, 11) is 0. The zero-order valence-corrected chi connectivity index (χ0v) is 10.8. The average molecular weight is 244 g/mol. The highest BCUT2D eigenvalue weighted by Gasteiger charge is 2.11. The van der Waals surface area contributed by atoms with E-state index >= 15 is 0 Å². The highest BCUT2D eigenvalue weighted by molar-refractivity contribution is 6.30. The van der Waals surface area contributed by atoms with Crippen LogP contribution in [0.5, 0.6) is 0 Å². The van der Waals surface area contributed by atoms with Crippen molar-refractivity contribution in [2.75, 3.05) is 0 Å². The van der Waals surface area contributed by atoms with E-state index in [1.54, 1.807) is 12.1 Å². The van der Waals surface area contributed by atoms with Crippen LogP contribution in [0.4, 0.5) is 4.39 Å². The quantitative estimate of drug-likeness (QED) is 0.812. The molecule has 1 rings (SSSR count). The summed E-state index contributed by atoms with van der Waals surface area (Å²) >= 11 is 5.76. The minimum absolute atomic E-state index is 0.190. The second kappa shape index (κ2) is 6.21. The number of nitrogens with one attached hydrogen (secondary N) is 1. The lowest BCUT2D eigenvalue weighted by Crippen LogP contribution is -2.30. The molecule has 1 nitrogen and oxygen atoms in total. The molecule has 0 saturated heterocycles. The zero-order valence-electron chi connectivity index (χ0n) is 10.1. The number of halogens is 2. The largest absolute Gasteiger partial charge is 0.307 e. The fourth-order valence-corrected chi connectivity index (χ4v) is 1.94. The summed E-state index contributed by atoms with van der Waals surface area (Å²) in [6.45, 7) is 6.39. The molecule has 1 aromatic rings. The van der Waals surface area contributed by atoms with E-state index < -0.39 is 0 Å². The Hall–Kier alpha value is -0.600. The average Bonchev–Trinajstić information content (AvgIpc) is 2.29. The summed E-state index contributed by atoms with van der Waals surface area (Å²) < 4.78 is 13.0. The van der Waals surface area contributed by atoms with Gasteiger partial charge in [-0.05, 0) is 37.5 Å². The van der Waals surface area contributed by atoms with Crippen LogP contribution in [0, 0.1) is 5.82 Å². The van der Waals surface area contributed by atoms with Gasteiger partial charge in [-0.15, -0.1) is 0 Å². The third-order valence-electron chi connectivity index (χ3n) is 2.91. The first-order valence-electron chi connectivity index (χ1n) is 5.79. The minimum Gasteiger partial charge on any atom is -0.307 e. The van der Waals surface area contributed by atoms with Crippen LogP contribution in [0.2, 0.25) is 5.02 Å². The van der Waals surface area contributed by atoms with E-state index in [2.05, 4.69) is 26.1 Å². The monoisotopic (exact) mass is 243 g/mol. The first-order chi connectivity index (χ1) is 7.58. The molecule has 0 aromatic heterocycles. The summed E-state index contributed by atoms with van der Waals surface area (Å²) in [5, 5.41) is 3.69. The van der Waals surface area contributed by atoms with Crippen molar-refractivity contribution in [2.24, 2.45) is 0 Å². The van der Waals surface area contributed by atoms with Crippen molar-refractivity contribution in [3.05, 3.63) is 34.6 Å². The predicted molar refractivity (Wildman–Crippen MR) is 67.3 cm³/mol. The molecule has 3 heteroatoms. The van der Waals surface area contributed by atoms with Crippen LogP contribution in [0.25, 0.3) is 0 Å². The van der Waals surface area contributed by atoms with Gasteiger partial charge >= 0.3 is 0 Å². The van der Waals surface area contributed by atoms with Crippen LogP contribution in [0.3, 0.4) is 0 Å². The van der Waals surface area contributed by atoms with Gasteiger partial charge in [-0.1, -0.05) is 31.5 Å². The van der Waals surface area contributed by atoms with Crippen molar-refractivity contribution in [3.63, 3.8) is 0 Å². The Labute approximate surface area is 102 Å². The van der Waals surface area contributed by atoms with Gasteiger partial charge in [0.15, 0.2) is 0 Å². The molecule has 0 aliphatic carbocycles. The lowest BCUT2D eigenvalue weighted by atomic mass is 10.1. The number of hydrogen-bond acceptors (Lipinski definition) is 1. The fourth-order valence-electron chi connectivity index (χ4n) is 1.76. The topological polar surface area (TPSA) is 12.0 Å². The summed E-state index contributed by atoms with van der Waals surface area (Å²) in [6.07, 6.45) is 2.19. The SMILES string of the molecule is CCC(CC)NC(C)c1ccc(F)c(Cl)c1. The Morgan fingerprint density at radius 3 is 2.44 bits per heavy atom. The molecule has 0 aliphatic rings. The van der Waals surface area contributed by atoms with Crippen molar-refractivity contribution < 1.29 is 4.39 Å². The minimum atomic E-state index is -0.361. The van der Waals surface area contributed by atoms with Gasteiger partial charge in [0, 0.05) is 12.1 Å². The molecule has 0 saturated carbocycles. The number of benzene rings is 1. The van der Waals surface area contributed by atoms with Crippen molar-refractivity contribution in [2.45, 2.75) is 45.7 Å². The van der Waals surface area contributed by atoms with Crippen LogP contribution >= 0.6 is 11.6 Å². The number of rotatable bonds is 5. The smallest absolute Gasteiger partial charge is 0.141 e. The maximum Gasteiger partial charge on any atom is 0.141 e. The maximum absolute atomic E-state index is 13.0. The van der Waals surface area contributed by atoms with Gasteiger partial charge < -0.3 is 5.32 Å². The maximum atomic E-state index is 13.0. The molecular weight excluding hydrogens is 225 g/mol. The Bertz CT molecular complexity index is 337. The molecule has 0 amide bonds. The van der Waals surface area contributed by atoms with E-state index in [1.807, 2.05) is 0 Å². The molecular formula is C13H19ClFN. The summed E-state index contributed by atoms with van der Waals surface area (Å²) in [5.74, 6) is -0.361. The molecule has 0 heterocycles. The van der Waals surface area contributed by atoms with Gasteiger partial charge in [0.1, 0.15) is 5.82 Å². The van der Waals surface area contributed by atoms with Crippen molar-refractivity contribution in [1.82, 2.24) is 5.32 Å². The van der Waals surface area contributed by atoms with Crippen LogP contribution < -0.4 is 5.32 Å². The van der Waals surface area contributed by atoms with Gasteiger partial charge in [-0.25, -0.2) is 4.39 Å². The lowest BCUT2D eigenvalue weighted by molar-refractivity contribution is 0.432. The fraction of sp³-hybridized carbons (Fsp3) is 0.538.